The number of hydrogen-bond donors (Lipinski definition) is 1. The second kappa shape index (κ2) is 3.96. The van der Waals surface area contributed by atoms with Gasteiger partial charge in [-0.05, 0) is 23.9 Å². The molecule has 1 aliphatic rings. The standard InChI is InChI=1S/C8H12ClNO3/c1-2-5-3-4-10(8(9)13)6(5)7(11)12/h5-6H,2-4H2,1H3,(H,11,12). The van der Waals surface area contributed by atoms with E-state index >= 15 is 0 Å². The van der Waals surface area contributed by atoms with Gasteiger partial charge >= 0.3 is 11.3 Å². The van der Waals surface area contributed by atoms with Crippen LogP contribution in [0.5, 0.6) is 0 Å². The lowest BCUT2D eigenvalue weighted by Gasteiger charge is -2.21. The highest BCUT2D eigenvalue weighted by molar-refractivity contribution is 6.63. The van der Waals surface area contributed by atoms with Crippen LogP contribution in [0.2, 0.25) is 0 Å². The van der Waals surface area contributed by atoms with E-state index in [1.165, 1.54) is 4.90 Å². The molecule has 1 amide bonds. The number of halogens is 1. The average molecular weight is 206 g/mol. The zero-order chi connectivity index (χ0) is 10.0. The van der Waals surface area contributed by atoms with Gasteiger partial charge in [0.25, 0.3) is 0 Å². The number of likely N-dealkylation sites (tertiary alicyclic amines) is 1. The second-order valence-corrected chi connectivity index (χ2v) is 3.51. The summed E-state index contributed by atoms with van der Waals surface area (Å²) >= 11 is 5.27. The zero-order valence-corrected chi connectivity index (χ0v) is 8.12. The van der Waals surface area contributed by atoms with Crippen LogP contribution in [-0.2, 0) is 4.79 Å². The number of carboxylic acid groups (broad SMARTS) is 1. The molecule has 0 aromatic heterocycles. The maximum Gasteiger partial charge on any atom is 0.326 e. The third kappa shape index (κ3) is 1.94. The van der Waals surface area contributed by atoms with Crippen molar-refractivity contribution in [1.82, 2.24) is 4.90 Å². The van der Waals surface area contributed by atoms with E-state index in [0.29, 0.717) is 6.54 Å². The number of carbonyl (C=O) groups excluding carboxylic acids is 1. The Morgan fingerprint density at radius 1 is 1.62 bits per heavy atom. The third-order valence-electron chi connectivity index (χ3n) is 2.53. The number of amides is 1. The van der Waals surface area contributed by atoms with E-state index in [2.05, 4.69) is 0 Å². The van der Waals surface area contributed by atoms with Gasteiger partial charge in [-0.15, -0.1) is 0 Å². The molecule has 0 radical (unpaired) electrons. The van der Waals surface area contributed by atoms with Gasteiger partial charge in [0.15, 0.2) is 0 Å². The van der Waals surface area contributed by atoms with E-state index < -0.39 is 17.4 Å². The summed E-state index contributed by atoms with van der Waals surface area (Å²) < 4.78 is 0. The minimum Gasteiger partial charge on any atom is -0.480 e. The molecule has 2 unspecified atom stereocenters. The van der Waals surface area contributed by atoms with Gasteiger partial charge in [0.2, 0.25) is 0 Å². The maximum atomic E-state index is 10.9. The molecule has 74 valence electrons. The summed E-state index contributed by atoms with van der Waals surface area (Å²) in [5, 5.41) is 8.22. The molecule has 0 aromatic carbocycles. The summed E-state index contributed by atoms with van der Waals surface area (Å²) in [6.07, 6.45) is 1.49. The SMILES string of the molecule is CCC1CCN(C(=O)Cl)C1C(=O)O. The normalized spacial score (nSPS) is 27.7. The fourth-order valence-corrected chi connectivity index (χ4v) is 2.01. The first-order valence-electron chi connectivity index (χ1n) is 4.26. The minimum atomic E-state index is -0.960. The van der Waals surface area contributed by atoms with Gasteiger partial charge in [-0.2, -0.15) is 0 Å². The van der Waals surface area contributed by atoms with Crippen molar-refractivity contribution in [1.29, 1.82) is 0 Å². The van der Waals surface area contributed by atoms with Crippen LogP contribution in [0.4, 0.5) is 4.79 Å². The van der Waals surface area contributed by atoms with Crippen molar-refractivity contribution in [2.45, 2.75) is 25.8 Å². The number of nitrogens with zero attached hydrogens (tertiary/aromatic N) is 1. The molecule has 5 heteroatoms. The molecule has 1 heterocycles. The molecule has 1 rings (SSSR count). The monoisotopic (exact) mass is 205 g/mol. The molecular formula is C8H12ClNO3. The molecule has 1 N–H and O–H groups in total. The fourth-order valence-electron chi connectivity index (χ4n) is 1.82. The quantitative estimate of drug-likeness (QED) is 0.550. The predicted octanol–water partition coefficient (Wildman–Crippen LogP) is 1.53. The number of carboxylic acids is 1. The zero-order valence-electron chi connectivity index (χ0n) is 7.36. The number of aliphatic carboxylic acids is 1. The largest absolute Gasteiger partial charge is 0.480 e. The van der Waals surface area contributed by atoms with Crippen molar-refractivity contribution >= 4 is 22.9 Å². The molecule has 0 aromatic rings. The molecule has 1 saturated heterocycles. The Labute approximate surface area is 81.5 Å². The lowest BCUT2D eigenvalue weighted by atomic mass is 9.98. The minimum absolute atomic E-state index is 0.0419. The van der Waals surface area contributed by atoms with Crippen LogP contribution >= 0.6 is 11.6 Å². The lowest BCUT2D eigenvalue weighted by molar-refractivity contribution is -0.142. The Morgan fingerprint density at radius 2 is 2.23 bits per heavy atom. The molecule has 0 bridgehead atoms. The molecule has 2 atom stereocenters. The van der Waals surface area contributed by atoms with Crippen molar-refractivity contribution in [3.8, 4) is 0 Å². The van der Waals surface area contributed by atoms with Gasteiger partial charge in [-0.3, -0.25) is 4.79 Å². The van der Waals surface area contributed by atoms with Gasteiger partial charge in [0.1, 0.15) is 6.04 Å². The van der Waals surface area contributed by atoms with E-state index in [-0.39, 0.29) is 5.92 Å². The summed E-state index contributed by atoms with van der Waals surface area (Å²) in [6.45, 7) is 2.38. The highest BCUT2D eigenvalue weighted by Crippen LogP contribution is 2.28. The molecule has 13 heavy (non-hydrogen) atoms. The lowest BCUT2D eigenvalue weighted by Crippen LogP contribution is -2.40. The van der Waals surface area contributed by atoms with Crippen LogP contribution in [0.25, 0.3) is 0 Å². The van der Waals surface area contributed by atoms with Crippen molar-refractivity contribution in [3.05, 3.63) is 0 Å². The fraction of sp³-hybridized carbons (Fsp3) is 0.750. The summed E-state index contributed by atoms with van der Waals surface area (Å²) in [6, 6.07) is -0.727. The van der Waals surface area contributed by atoms with Crippen LogP contribution < -0.4 is 0 Å². The summed E-state index contributed by atoms with van der Waals surface area (Å²) in [5.41, 5.74) is 0. The highest BCUT2D eigenvalue weighted by Gasteiger charge is 2.40. The first-order valence-corrected chi connectivity index (χ1v) is 4.64. The van der Waals surface area contributed by atoms with Crippen LogP contribution in [0.15, 0.2) is 0 Å². The van der Waals surface area contributed by atoms with Crippen molar-refractivity contribution in [3.63, 3.8) is 0 Å². The third-order valence-corrected chi connectivity index (χ3v) is 2.74. The molecule has 1 fully saturated rings. The van der Waals surface area contributed by atoms with E-state index in [9.17, 15) is 9.59 Å². The van der Waals surface area contributed by atoms with Gasteiger partial charge < -0.3 is 10.0 Å². The Hall–Kier alpha value is -0.770. The Morgan fingerprint density at radius 3 is 2.62 bits per heavy atom. The molecule has 0 spiro atoms. The first kappa shape index (κ1) is 10.3. The van der Waals surface area contributed by atoms with Crippen LogP contribution in [0.1, 0.15) is 19.8 Å². The van der Waals surface area contributed by atoms with Gasteiger partial charge in [0.05, 0.1) is 0 Å². The van der Waals surface area contributed by atoms with Gasteiger partial charge in [0, 0.05) is 6.54 Å². The van der Waals surface area contributed by atoms with Gasteiger partial charge in [-0.1, -0.05) is 13.3 Å². The number of rotatable bonds is 2. The molecule has 1 aliphatic heterocycles. The van der Waals surface area contributed by atoms with Crippen molar-refractivity contribution in [2.75, 3.05) is 6.54 Å². The van der Waals surface area contributed by atoms with E-state index in [1.54, 1.807) is 0 Å². The Kier molecular flexibility index (Phi) is 3.14. The smallest absolute Gasteiger partial charge is 0.326 e. The number of hydrogen-bond acceptors (Lipinski definition) is 2. The molecule has 4 nitrogen and oxygen atoms in total. The van der Waals surface area contributed by atoms with E-state index in [4.69, 9.17) is 16.7 Å². The molecular weight excluding hydrogens is 194 g/mol. The summed E-state index contributed by atoms with van der Waals surface area (Å²) in [5.74, 6) is -0.918. The van der Waals surface area contributed by atoms with E-state index in [0.717, 1.165) is 12.8 Å². The van der Waals surface area contributed by atoms with Crippen LogP contribution in [0, 0.1) is 5.92 Å². The van der Waals surface area contributed by atoms with E-state index in [1.807, 2.05) is 6.92 Å². The van der Waals surface area contributed by atoms with Gasteiger partial charge in [-0.25, -0.2) is 4.79 Å². The highest BCUT2D eigenvalue weighted by atomic mass is 35.5. The second-order valence-electron chi connectivity index (χ2n) is 3.19. The Bertz CT molecular complexity index is 231. The van der Waals surface area contributed by atoms with Crippen LogP contribution in [-0.4, -0.2) is 33.9 Å². The molecule has 0 saturated carbocycles. The van der Waals surface area contributed by atoms with Crippen LogP contribution in [0.3, 0.4) is 0 Å². The molecule has 0 aliphatic carbocycles. The summed E-state index contributed by atoms with van der Waals surface area (Å²) in [7, 11) is 0. The van der Waals surface area contributed by atoms with Crippen molar-refractivity contribution in [2.24, 2.45) is 5.92 Å². The number of carbonyl (C=O) groups is 2. The topological polar surface area (TPSA) is 57.6 Å². The first-order chi connectivity index (χ1) is 6.07. The summed E-state index contributed by atoms with van der Waals surface area (Å²) in [4.78, 5) is 22.9. The maximum absolute atomic E-state index is 10.9. The Balaban J connectivity index is 2.78. The predicted molar refractivity (Wildman–Crippen MR) is 47.8 cm³/mol. The average Bonchev–Trinajstić information content (AvgIpc) is 2.46. The van der Waals surface area contributed by atoms with Crippen molar-refractivity contribution < 1.29 is 14.7 Å².